The number of anilines is 1. The third kappa shape index (κ3) is 4.61. The first-order valence-electron chi connectivity index (χ1n) is 9.46. The zero-order valence-corrected chi connectivity index (χ0v) is 17.5. The Morgan fingerprint density at radius 3 is 2.37 bits per heavy atom. The molecule has 3 aromatic rings. The predicted octanol–water partition coefficient (Wildman–Crippen LogP) is 4.44. The van der Waals surface area contributed by atoms with Gasteiger partial charge in [0.1, 0.15) is 17.3 Å². The lowest BCUT2D eigenvalue weighted by molar-refractivity contribution is 0.0746. The van der Waals surface area contributed by atoms with E-state index in [1.807, 2.05) is 6.07 Å². The van der Waals surface area contributed by atoms with Crippen LogP contribution >= 0.6 is 23.2 Å². The molecule has 0 saturated carbocycles. The molecular weight excluding hydrogens is 425 g/mol. The van der Waals surface area contributed by atoms with E-state index in [0.717, 1.165) is 5.82 Å². The number of pyridine rings is 1. The standard InChI is InChI=1S/C22H19Cl2N3O3/c23-16-6-9-18(24)19(14-16)30-17-7-4-15(5-8-17)22(29)27-12-10-26(11-13-27)20-2-1-3-21(28)25-20/h1-9,14H,10-13H2,(H,25,28). The van der Waals surface area contributed by atoms with Crippen LogP contribution in [0.5, 0.6) is 11.5 Å². The smallest absolute Gasteiger partial charge is 0.253 e. The van der Waals surface area contributed by atoms with Gasteiger partial charge >= 0.3 is 0 Å². The summed E-state index contributed by atoms with van der Waals surface area (Å²) in [6.45, 7) is 2.46. The summed E-state index contributed by atoms with van der Waals surface area (Å²) in [5, 5.41) is 0.983. The second kappa shape index (κ2) is 8.81. The van der Waals surface area contributed by atoms with Gasteiger partial charge in [0.2, 0.25) is 5.56 Å². The van der Waals surface area contributed by atoms with Gasteiger partial charge in [0, 0.05) is 48.9 Å². The number of nitrogens with zero attached hydrogens (tertiary/aromatic N) is 2. The minimum atomic E-state index is -0.132. The molecule has 1 fully saturated rings. The van der Waals surface area contributed by atoms with Gasteiger partial charge in [-0.15, -0.1) is 0 Å². The predicted molar refractivity (Wildman–Crippen MR) is 118 cm³/mol. The molecule has 154 valence electrons. The molecule has 1 saturated heterocycles. The fourth-order valence-corrected chi connectivity index (χ4v) is 3.62. The van der Waals surface area contributed by atoms with Gasteiger partial charge in [-0.05, 0) is 42.5 Å². The summed E-state index contributed by atoms with van der Waals surface area (Å²) >= 11 is 12.1. The van der Waals surface area contributed by atoms with Gasteiger partial charge in [-0.25, -0.2) is 0 Å². The highest BCUT2D eigenvalue weighted by molar-refractivity contribution is 6.34. The quantitative estimate of drug-likeness (QED) is 0.647. The third-order valence-corrected chi connectivity index (χ3v) is 5.43. The van der Waals surface area contributed by atoms with Crippen LogP contribution in [-0.4, -0.2) is 42.0 Å². The SMILES string of the molecule is O=C(c1ccc(Oc2cc(Cl)ccc2Cl)cc1)N1CCN(c2cccc(=O)[nH]2)CC1. The van der Waals surface area contributed by atoms with E-state index < -0.39 is 0 Å². The Morgan fingerprint density at radius 2 is 1.67 bits per heavy atom. The molecule has 0 aliphatic carbocycles. The average molecular weight is 444 g/mol. The Labute approximate surface area is 183 Å². The number of benzene rings is 2. The van der Waals surface area contributed by atoms with Gasteiger partial charge in [0.05, 0.1) is 5.02 Å². The van der Waals surface area contributed by atoms with Crippen molar-refractivity contribution in [1.29, 1.82) is 0 Å². The van der Waals surface area contributed by atoms with Crippen LogP contribution in [0.2, 0.25) is 10.0 Å². The third-order valence-electron chi connectivity index (χ3n) is 4.88. The molecule has 6 nitrogen and oxygen atoms in total. The molecule has 8 heteroatoms. The Kier molecular flexibility index (Phi) is 5.97. The van der Waals surface area contributed by atoms with E-state index in [2.05, 4.69) is 9.88 Å². The fraction of sp³-hybridized carbons (Fsp3) is 0.182. The number of piperazine rings is 1. The lowest BCUT2D eigenvalue weighted by Crippen LogP contribution is -2.49. The molecular formula is C22H19Cl2N3O3. The zero-order valence-electron chi connectivity index (χ0n) is 16.0. The van der Waals surface area contributed by atoms with Crippen LogP contribution in [0, 0.1) is 0 Å². The highest BCUT2D eigenvalue weighted by atomic mass is 35.5. The first-order valence-corrected chi connectivity index (χ1v) is 10.2. The van der Waals surface area contributed by atoms with Gasteiger partial charge in [0.15, 0.2) is 0 Å². The first kappa shape index (κ1) is 20.3. The molecule has 4 rings (SSSR count). The molecule has 2 aromatic carbocycles. The van der Waals surface area contributed by atoms with Gasteiger partial charge in [-0.3, -0.25) is 9.59 Å². The van der Waals surface area contributed by atoms with Crippen molar-refractivity contribution in [2.24, 2.45) is 0 Å². The van der Waals surface area contributed by atoms with Crippen LogP contribution < -0.4 is 15.2 Å². The van der Waals surface area contributed by atoms with Crippen LogP contribution in [0.1, 0.15) is 10.4 Å². The molecule has 0 radical (unpaired) electrons. The largest absolute Gasteiger partial charge is 0.456 e. The highest BCUT2D eigenvalue weighted by Gasteiger charge is 2.22. The van der Waals surface area contributed by atoms with E-state index in [1.165, 1.54) is 6.07 Å². The Hall–Kier alpha value is -2.96. The first-order chi connectivity index (χ1) is 14.5. The fourth-order valence-electron chi connectivity index (χ4n) is 3.30. The number of nitrogens with one attached hydrogen (secondary N) is 1. The Morgan fingerprint density at radius 1 is 0.933 bits per heavy atom. The number of H-pyrrole nitrogens is 1. The maximum atomic E-state index is 12.8. The summed E-state index contributed by atoms with van der Waals surface area (Å²) in [6, 6.07) is 17.0. The highest BCUT2D eigenvalue weighted by Crippen LogP contribution is 2.32. The van der Waals surface area contributed by atoms with E-state index in [1.54, 1.807) is 53.4 Å². The van der Waals surface area contributed by atoms with Crippen molar-refractivity contribution in [1.82, 2.24) is 9.88 Å². The number of hydrogen-bond acceptors (Lipinski definition) is 4. The lowest BCUT2D eigenvalue weighted by Gasteiger charge is -2.35. The summed E-state index contributed by atoms with van der Waals surface area (Å²) in [5.41, 5.74) is 0.452. The number of halogens is 2. The van der Waals surface area contributed by atoms with Crippen molar-refractivity contribution in [3.63, 3.8) is 0 Å². The molecule has 0 bridgehead atoms. The molecule has 30 heavy (non-hydrogen) atoms. The summed E-state index contributed by atoms with van der Waals surface area (Å²) in [4.78, 5) is 31.0. The number of carbonyl (C=O) groups excluding carboxylic acids is 1. The molecule has 0 atom stereocenters. The molecule has 1 N–H and O–H groups in total. The van der Waals surface area contributed by atoms with Crippen LogP contribution in [0.15, 0.2) is 65.5 Å². The van der Waals surface area contributed by atoms with Crippen molar-refractivity contribution >= 4 is 34.9 Å². The second-order valence-electron chi connectivity index (χ2n) is 6.88. The van der Waals surface area contributed by atoms with Crippen LogP contribution in [0.25, 0.3) is 0 Å². The van der Waals surface area contributed by atoms with E-state index in [0.29, 0.717) is 53.3 Å². The van der Waals surface area contributed by atoms with Crippen molar-refractivity contribution in [3.05, 3.63) is 86.6 Å². The van der Waals surface area contributed by atoms with Crippen LogP contribution in [0.4, 0.5) is 5.82 Å². The van der Waals surface area contributed by atoms with E-state index in [4.69, 9.17) is 27.9 Å². The molecule has 1 aliphatic heterocycles. The van der Waals surface area contributed by atoms with Crippen molar-refractivity contribution in [3.8, 4) is 11.5 Å². The maximum absolute atomic E-state index is 12.8. The van der Waals surface area contributed by atoms with Crippen LogP contribution in [0.3, 0.4) is 0 Å². The molecule has 1 amide bonds. The molecule has 0 unspecified atom stereocenters. The molecule has 1 aliphatic rings. The number of ether oxygens (including phenoxy) is 1. The number of amides is 1. The summed E-state index contributed by atoms with van der Waals surface area (Å²) in [5.74, 6) is 1.76. The molecule has 1 aromatic heterocycles. The topological polar surface area (TPSA) is 65.6 Å². The second-order valence-corrected chi connectivity index (χ2v) is 7.72. The van der Waals surface area contributed by atoms with Crippen molar-refractivity contribution < 1.29 is 9.53 Å². The summed E-state index contributed by atoms with van der Waals surface area (Å²) in [7, 11) is 0. The van der Waals surface area contributed by atoms with Gasteiger partial charge in [-0.2, -0.15) is 0 Å². The minimum Gasteiger partial charge on any atom is -0.456 e. The van der Waals surface area contributed by atoms with E-state index in [-0.39, 0.29) is 11.5 Å². The normalized spacial score (nSPS) is 13.9. The minimum absolute atomic E-state index is 0.0384. The summed E-state index contributed by atoms with van der Waals surface area (Å²) < 4.78 is 5.77. The van der Waals surface area contributed by atoms with Gasteiger partial charge in [-0.1, -0.05) is 29.3 Å². The van der Waals surface area contributed by atoms with E-state index >= 15 is 0 Å². The number of aromatic nitrogens is 1. The number of rotatable bonds is 4. The van der Waals surface area contributed by atoms with Crippen LogP contribution in [-0.2, 0) is 0 Å². The Bertz CT molecular complexity index is 1110. The summed E-state index contributed by atoms with van der Waals surface area (Å²) in [6.07, 6.45) is 0. The van der Waals surface area contributed by atoms with E-state index in [9.17, 15) is 9.59 Å². The van der Waals surface area contributed by atoms with Gasteiger partial charge in [0.25, 0.3) is 5.91 Å². The maximum Gasteiger partial charge on any atom is 0.253 e. The van der Waals surface area contributed by atoms with Crippen molar-refractivity contribution in [2.45, 2.75) is 0 Å². The lowest BCUT2D eigenvalue weighted by atomic mass is 10.1. The monoisotopic (exact) mass is 443 g/mol. The number of hydrogen-bond donors (Lipinski definition) is 1. The Balaban J connectivity index is 1.38. The zero-order chi connectivity index (χ0) is 21.1. The van der Waals surface area contributed by atoms with Gasteiger partial charge < -0.3 is 19.5 Å². The molecule has 2 heterocycles. The molecule has 0 spiro atoms. The van der Waals surface area contributed by atoms with Crippen molar-refractivity contribution in [2.75, 3.05) is 31.1 Å². The number of aromatic amines is 1. The average Bonchev–Trinajstić information content (AvgIpc) is 2.76. The number of carbonyl (C=O) groups is 1.